The predicted octanol–water partition coefficient (Wildman–Crippen LogP) is 3.16. The molecule has 0 aromatic heterocycles. The highest BCUT2D eigenvalue weighted by Crippen LogP contribution is 2.31. The highest BCUT2D eigenvalue weighted by atomic mass is 16.5. The first-order valence-corrected chi connectivity index (χ1v) is 5.92. The fourth-order valence-electron chi connectivity index (χ4n) is 2.10. The molecule has 1 fully saturated rings. The molecule has 0 spiro atoms. The molecule has 1 saturated carbocycles. The third-order valence-electron chi connectivity index (χ3n) is 3.22. The van der Waals surface area contributed by atoms with E-state index in [1.165, 1.54) is 25.7 Å². The maximum Gasteiger partial charge on any atom is 0.308 e. The van der Waals surface area contributed by atoms with Gasteiger partial charge in [0, 0.05) is 0 Å². The third kappa shape index (κ3) is 3.32. The van der Waals surface area contributed by atoms with Gasteiger partial charge in [-0.3, -0.25) is 4.79 Å². The van der Waals surface area contributed by atoms with Crippen molar-refractivity contribution in [3.63, 3.8) is 0 Å². The summed E-state index contributed by atoms with van der Waals surface area (Å²) in [4.78, 5) is 11.6. The zero-order chi connectivity index (χ0) is 10.4. The van der Waals surface area contributed by atoms with E-state index in [0.29, 0.717) is 12.5 Å². The summed E-state index contributed by atoms with van der Waals surface area (Å²) in [5.74, 6) is 0.726. The topological polar surface area (TPSA) is 26.3 Å². The van der Waals surface area contributed by atoms with Crippen LogP contribution in [0.1, 0.15) is 52.4 Å². The van der Waals surface area contributed by atoms with E-state index in [0.717, 1.165) is 12.8 Å². The van der Waals surface area contributed by atoms with Crippen LogP contribution in [0.25, 0.3) is 0 Å². The number of carbonyl (C=O) groups excluding carboxylic acids is 1. The lowest BCUT2D eigenvalue weighted by Crippen LogP contribution is -2.21. The van der Waals surface area contributed by atoms with Crippen molar-refractivity contribution in [2.45, 2.75) is 52.4 Å². The molecule has 1 unspecified atom stereocenters. The average molecular weight is 198 g/mol. The van der Waals surface area contributed by atoms with Crippen molar-refractivity contribution in [1.82, 2.24) is 0 Å². The van der Waals surface area contributed by atoms with Gasteiger partial charge in [0.15, 0.2) is 0 Å². The van der Waals surface area contributed by atoms with Crippen LogP contribution in [0.2, 0.25) is 0 Å². The molecule has 82 valence electrons. The quantitative estimate of drug-likeness (QED) is 0.501. The van der Waals surface area contributed by atoms with Gasteiger partial charge in [-0.05, 0) is 25.2 Å². The summed E-state index contributed by atoms with van der Waals surface area (Å²) >= 11 is 0. The summed E-state index contributed by atoms with van der Waals surface area (Å²) < 4.78 is 5.22. The van der Waals surface area contributed by atoms with Gasteiger partial charge in [-0.15, -0.1) is 0 Å². The van der Waals surface area contributed by atoms with Crippen LogP contribution in [-0.4, -0.2) is 12.6 Å². The van der Waals surface area contributed by atoms with Crippen molar-refractivity contribution < 1.29 is 9.53 Å². The molecule has 0 aliphatic heterocycles. The average Bonchev–Trinajstić information content (AvgIpc) is 2.69. The fourth-order valence-corrected chi connectivity index (χ4v) is 2.10. The zero-order valence-corrected chi connectivity index (χ0v) is 9.42. The molecular weight excluding hydrogens is 176 g/mol. The molecule has 2 nitrogen and oxygen atoms in total. The van der Waals surface area contributed by atoms with Gasteiger partial charge in [0.05, 0.1) is 12.5 Å². The first-order chi connectivity index (χ1) is 6.75. The first-order valence-electron chi connectivity index (χ1n) is 5.92. The van der Waals surface area contributed by atoms with Crippen LogP contribution in [-0.2, 0) is 9.53 Å². The van der Waals surface area contributed by atoms with Gasteiger partial charge in [0.1, 0.15) is 0 Å². The van der Waals surface area contributed by atoms with E-state index >= 15 is 0 Å². The molecule has 1 aliphatic rings. The fraction of sp³-hybridized carbons (Fsp3) is 0.917. The van der Waals surface area contributed by atoms with Crippen LogP contribution in [0.15, 0.2) is 0 Å². The number of unbranched alkanes of at least 4 members (excludes halogenated alkanes) is 1. The highest BCUT2D eigenvalue weighted by Gasteiger charge is 2.27. The maximum atomic E-state index is 11.6. The highest BCUT2D eigenvalue weighted by molar-refractivity contribution is 5.72. The minimum Gasteiger partial charge on any atom is -0.465 e. The minimum atomic E-state index is 0.0188. The molecule has 0 saturated heterocycles. The van der Waals surface area contributed by atoms with E-state index in [-0.39, 0.29) is 11.9 Å². The van der Waals surface area contributed by atoms with Crippen molar-refractivity contribution in [2.75, 3.05) is 6.61 Å². The van der Waals surface area contributed by atoms with Crippen LogP contribution in [0.4, 0.5) is 0 Å². The van der Waals surface area contributed by atoms with Gasteiger partial charge in [0.25, 0.3) is 0 Å². The summed E-state index contributed by atoms with van der Waals surface area (Å²) in [6.07, 6.45) is 7.08. The molecule has 0 radical (unpaired) electrons. The Hall–Kier alpha value is -0.530. The first kappa shape index (κ1) is 11.5. The molecule has 0 heterocycles. The molecule has 0 amide bonds. The summed E-state index contributed by atoms with van der Waals surface area (Å²) in [6.45, 7) is 4.73. The molecule has 0 N–H and O–H groups in total. The molecule has 1 atom stereocenters. The number of ether oxygens (including phenoxy) is 1. The molecular formula is C12H22O2. The van der Waals surface area contributed by atoms with Crippen LogP contribution in [0.3, 0.4) is 0 Å². The summed E-state index contributed by atoms with van der Waals surface area (Å²) in [5, 5.41) is 0. The lowest BCUT2D eigenvalue weighted by atomic mass is 9.93. The van der Waals surface area contributed by atoms with Gasteiger partial charge < -0.3 is 4.74 Å². The molecule has 2 heteroatoms. The van der Waals surface area contributed by atoms with Crippen LogP contribution >= 0.6 is 0 Å². The Labute approximate surface area is 87.0 Å². The predicted molar refractivity (Wildman–Crippen MR) is 57.0 cm³/mol. The Bertz CT molecular complexity index is 171. The summed E-state index contributed by atoms with van der Waals surface area (Å²) in [7, 11) is 0. The SMILES string of the molecule is CCCCOC(=O)C(C)C1CCCC1. The number of carbonyl (C=O) groups is 1. The van der Waals surface area contributed by atoms with Gasteiger partial charge >= 0.3 is 5.97 Å². The van der Waals surface area contributed by atoms with Crippen molar-refractivity contribution >= 4 is 5.97 Å². The van der Waals surface area contributed by atoms with E-state index in [2.05, 4.69) is 6.92 Å². The van der Waals surface area contributed by atoms with Crippen molar-refractivity contribution in [3.8, 4) is 0 Å². The van der Waals surface area contributed by atoms with Gasteiger partial charge in [0.2, 0.25) is 0 Å². The maximum absolute atomic E-state index is 11.6. The molecule has 1 aliphatic carbocycles. The number of hydrogen-bond donors (Lipinski definition) is 0. The van der Waals surface area contributed by atoms with Crippen molar-refractivity contribution in [3.05, 3.63) is 0 Å². The number of esters is 1. The Morgan fingerprint density at radius 3 is 2.64 bits per heavy atom. The van der Waals surface area contributed by atoms with Gasteiger partial charge in [-0.25, -0.2) is 0 Å². The van der Waals surface area contributed by atoms with Gasteiger partial charge in [-0.1, -0.05) is 33.1 Å². The monoisotopic (exact) mass is 198 g/mol. The van der Waals surface area contributed by atoms with Crippen LogP contribution in [0, 0.1) is 11.8 Å². The van der Waals surface area contributed by atoms with Gasteiger partial charge in [-0.2, -0.15) is 0 Å². The second-order valence-corrected chi connectivity index (χ2v) is 4.35. The van der Waals surface area contributed by atoms with E-state index in [4.69, 9.17) is 4.74 Å². The second kappa shape index (κ2) is 6.05. The van der Waals surface area contributed by atoms with E-state index in [9.17, 15) is 4.79 Å². The number of rotatable bonds is 5. The molecule has 0 aromatic rings. The normalized spacial score (nSPS) is 19.6. The Balaban J connectivity index is 2.21. The van der Waals surface area contributed by atoms with E-state index in [1.54, 1.807) is 0 Å². The van der Waals surface area contributed by atoms with E-state index in [1.807, 2.05) is 6.92 Å². The Morgan fingerprint density at radius 1 is 1.43 bits per heavy atom. The van der Waals surface area contributed by atoms with Crippen LogP contribution in [0.5, 0.6) is 0 Å². The van der Waals surface area contributed by atoms with E-state index < -0.39 is 0 Å². The molecule has 14 heavy (non-hydrogen) atoms. The van der Waals surface area contributed by atoms with Crippen LogP contribution < -0.4 is 0 Å². The molecule has 0 bridgehead atoms. The summed E-state index contributed by atoms with van der Waals surface area (Å²) in [6, 6.07) is 0. The molecule has 0 aromatic carbocycles. The molecule has 1 rings (SSSR count). The summed E-state index contributed by atoms with van der Waals surface area (Å²) in [5.41, 5.74) is 0. The standard InChI is InChI=1S/C12H22O2/c1-3-4-9-14-12(13)10(2)11-7-5-6-8-11/h10-11H,3-9H2,1-2H3. The Kier molecular flexibility index (Phi) is 4.99. The van der Waals surface area contributed by atoms with Crippen molar-refractivity contribution in [1.29, 1.82) is 0 Å². The second-order valence-electron chi connectivity index (χ2n) is 4.35. The minimum absolute atomic E-state index is 0.0188. The third-order valence-corrected chi connectivity index (χ3v) is 3.22. The number of hydrogen-bond acceptors (Lipinski definition) is 2. The largest absolute Gasteiger partial charge is 0.465 e. The smallest absolute Gasteiger partial charge is 0.308 e. The Morgan fingerprint density at radius 2 is 2.07 bits per heavy atom. The zero-order valence-electron chi connectivity index (χ0n) is 9.42. The van der Waals surface area contributed by atoms with Crippen molar-refractivity contribution in [2.24, 2.45) is 11.8 Å². The lowest BCUT2D eigenvalue weighted by Gasteiger charge is -2.17. The lowest BCUT2D eigenvalue weighted by molar-refractivity contribution is -0.149.